The molecule has 33 heavy (non-hydrogen) atoms. The molecule has 2 aromatic carbocycles. The lowest BCUT2D eigenvalue weighted by Gasteiger charge is -2.38. The van der Waals surface area contributed by atoms with E-state index in [-0.39, 0.29) is 31.5 Å². The fourth-order valence-electron chi connectivity index (χ4n) is 4.25. The van der Waals surface area contributed by atoms with Crippen LogP contribution in [0, 0.1) is 0 Å². The second-order valence-electron chi connectivity index (χ2n) is 8.15. The van der Waals surface area contributed by atoms with Crippen LogP contribution in [0.2, 0.25) is 0 Å². The van der Waals surface area contributed by atoms with E-state index in [4.69, 9.17) is 9.47 Å². The molecule has 2 heterocycles. The van der Waals surface area contributed by atoms with E-state index < -0.39 is 12.1 Å². The summed E-state index contributed by atoms with van der Waals surface area (Å²) in [5.41, 5.74) is 1.45. The molecule has 0 spiro atoms. The molecule has 174 valence electrons. The Bertz CT molecular complexity index is 1020. The quantitative estimate of drug-likeness (QED) is 0.679. The fourth-order valence-corrected chi connectivity index (χ4v) is 4.25. The number of hydrogen-bond acceptors (Lipinski definition) is 6. The van der Waals surface area contributed by atoms with E-state index in [1.165, 1.54) is 0 Å². The topological polar surface area (TPSA) is 88.2 Å². The van der Waals surface area contributed by atoms with E-state index in [0.29, 0.717) is 17.0 Å². The Morgan fingerprint density at radius 3 is 2.55 bits per heavy atom. The van der Waals surface area contributed by atoms with Gasteiger partial charge < -0.3 is 24.6 Å². The number of nitrogens with one attached hydrogen (secondary N) is 1. The highest BCUT2D eigenvalue weighted by molar-refractivity contribution is 6.02. The minimum Gasteiger partial charge on any atom is -0.477 e. The summed E-state index contributed by atoms with van der Waals surface area (Å²) in [5, 5.41) is 2.82. The van der Waals surface area contributed by atoms with E-state index in [1.54, 1.807) is 31.2 Å². The lowest BCUT2D eigenvalue weighted by Crippen LogP contribution is -2.52. The molecule has 8 heteroatoms. The predicted molar refractivity (Wildman–Crippen MR) is 125 cm³/mol. The number of likely N-dealkylation sites (tertiary alicyclic amines) is 1. The van der Waals surface area contributed by atoms with E-state index in [0.717, 1.165) is 38.0 Å². The minimum absolute atomic E-state index is 0.0152. The molecule has 0 radical (unpaired) electrons. The first kappa shape index (κ1) is 22.6. The first-order valence-corrected chi connectivity index (χ1v) is 11.4. The van der Waals surface area contributed by atoms with Crippen molar-refractivity contribution >= 4 is 29.2 Å². The van der Waals surface area contributed by atoms with Crippen molar-refractivity contribution < 1.29 is 23.9 Å². The maximum Gasteiger partial charge on any atom is 0.340 e. The molecular weight excluding hydrogens is 422 g/mol. The van der Waals surface area contributed by atoms with E-state index >= 15 is 0 Å². The predicted octanol–water partition coefficient (Wildman–Crippen LogP) is 3.08. The molecule has 0 aromatic heterocycles. The normalized spacial score (nSPS) is 17.5. The number of benzene rings is 2. The Kier molecular flexibility index (Phi) is 7.12. The van der Waals surface area contributed by atoms with Gasteiger partial charge in [0.15, 0.2) is 6.10 Å². The van der Waals surface area contributed by atoms with Gasteiger partial charge in [-0.2, -0.15) is 0 Å². The third-order valence-corrected chi connectivity index (χ3v) is 5.84. The summed E-state index contributed by atoms with van der Waals surface area (Å²) in [6, 6.07) is 14.1. The third-order valence-electron chi connectivity index (χ3n) is 5.84. The third kappa shape index (κ3) is 5.27. The molecule has 1 saturated heterocycles. The van der Waals surface area contributed by atoms with Gasteiger partial charge in [0.05, 0.1) is 36.6 Å². The van der Waals surface area contributed by atoms with Crippen LogP contribution in [0.3, 0.4) is 0 Å². The number of carbonyl (C=O) groups excluding carboxylic acids is 3. The Hall–Kier alpha value is -3.55. The van der Waals surface area contributed by atoms with Crippen molar-refractivity contribution in [2.75, 3.05) is 43.0 Å². The number of anilines is 2. The van der Waals surface area contributed by atoms with Crippen molar-refractivity contribution in [2.24, 2.45) is 0 Å². The number of fused-ring (bicyclic) bond motifs is 1. The zero-order valence-corrected chi connectivity index (χ0v) is 18.8. The van der Waals surface area contributed by atoms with Crippen LogP contribution in [-0.4, -0.2) is 61.6 Å². The molecule has 1 unspecified atom stereocenters. The van der Waals surface area contributed by atoms with Crippen LogP contribution in [0.25, 0.3) is 0 Å². The maximum atomic E-state index is 13.1. The first-order chi connectivity index (χ1) is 16.1. The standard InChI is InChI=1S/C25H29N3O5/c1-2-32-25(31)18-10-4-5-11-19(18)26-23(29)17-28-16-22(24(30)27-14-8-3-9-15-27)33-21-13-7-6-12-20(21)28/h4-7,10-13,22H,2-3,8-9,14-17H2,1H3,(H,26,29). The molecule has 4 rings (SSSR count). The SMILES string of the molecule is CCOC(=O)c1ccccc1NC(=O)CN1CC(C(=O)N2CCCCC2)Oc2ccccc21. The van der Waals surface area contributed by atoms with Crippen LogP contribution in [0.15, 0.2) is 48.5 Å². The zero-order valence-electron chi connectivity index (χ0n) is 18.8. The highest BCUT2D eigenvalue weighted by Crippen LogP contribution is 2.33. The molecule has 0 bridgehead atoms. The summed E-state index contributed by atoms with van der Waals surface area (Å²) < 4.78 is 11.1. The molecule has 0 aliphatic carbocycles. The van der Waals surface area contributed by atoms with Crippen molar-refractivity contribution in [3.63, 3.8) is 0 Å². The number of rotatable bonds is 6. The van der Waals surface area contributed by atoms with Crippen molar-refractivity contribution in [1.82, 2.24) is 4.90 Å². The van der Waals surface area contributed by atoms with Crippen LogP contribution in [-0.2, 0) is 14.3 Å². The Balaban J connectivity index is 1.49. The zero-order chi connectivity index (χ0) is 23.2. The number of esters is 1. The van der Waals surface area contributed by atoms with Crippen molar-refractivity contribution in [1.29, 1.82) is 0 Å². The Morgan fingerprint density at radius 1 is 1.03 bits per heavy atom. The second kappa shape index (κ2) is 10.4. The van der Waals surface area contributed by atoms with Crippen LogP contribution >= 0.6 is 0 Å². The van der Waals surface area contributed by atoms with Crippen LogP contribution in [0.1, 0.15) is 36.5 Å². The van der Waals surface area contributed by atoms with Gasteiger partial charge in [-0.1, -0.05) is 24.3 Å². The summed E-state index contributed by atoms with van der Waals surface area (Å²) in [6.07, 6.45) is 2.47. The first-order valence-electron chi connectivity index (χ1n) is 11.4. The molecule has 2 amide bonds. The molecule has 1 N–H and O–H groups in total. The maximum absolute atomic E-state index is 13.1. The van der Waals surface area contributed by atoms with E-state index in [9.17, 15) is 14.4 Å². The van der Waals surface area contributed by atoms with Crippen molar-refractivity contribution in [2.45, 2.75) is 32.3 Å². The molecule has 1 atom stereocenters. The van der Waals surface area contributed by atoms with Gasteiger partial charge in [-0.3, -0.25) is 9.59 Å². The second-order valence-corrected chi connectivity index (χ2v) is 8.15. The van der Waals surface area contributed by atoms with Crippen molar-refractivity contribution in [3.05, 3.63) is 54.1 Å². The number of piperidine rings is 1. The molecular formula is C25H29N3O5. The number of hydrogen-bond donors (Lipinski definition) is 1. The molecule has 1 fully saturated rings. The number of carbonyl (C=O) groups is 3. The van der Waals surface area contributed by atoms with Crippen LogP contribution in [0.5, 0.6) is 5.75 Å². The van der Waals surface area contributed by atoms with Gasteiger partial charge in [0.25, 0.3) is 5.91 Å². The van der Waals surface area contributed by atoms with Gasteiger partial charge in [0.1, 0.15) is 5.75 Å². The summed E-state index contributed by atoms with van der Waals surface area (Å²) >= 11 is 0. The van der Waals surface area contributed by atoms with Gasteiger partial charge >= 0.3 is 5.97 Å². The van der Waals surface area contributed by atoms with Gasteiger partial charge in [0, 0.05) is 13.1 Å². The van der Waals surface area contributed by atoms with Gasteiger partial charge in [-0.25, -0.2) is 4.79 Å². The summed E-state index contributed by atoms with van der Waals surface area (Å²) in [7, 11) is 0. The molecule has 2 aromatic rings. The Morgan fingerprint density at radius 2 is 1.76 bits per heavy atom. The van der Waals surface area contributed by atoms with Crippen molar-refractivity contribution in [3.8, 4) is 5.75 Å². The summed E-state index contributed by atoms with van der Waals surface area (Å²) in [4.78, 5) is 42.0. The van der Waals surface area contributed by atoms with E-state index in [1.807, 2.05) is 34.1 Å². The highest BCUT2D eigenvalue weighted by Gasteiger charge is 2.34. The number of para-hydroxylation sites is 3. The number of amides is 2. The minimum atomic E-state index is -0.669. The average Bonchev–Trinajstić information content (AvgIpc) is 2.84. The summed E-state index contributed by atoms with van der Waals surface area (Å²) in [5.74, 6) is -0.244. The molecule has 0 saturated carbocycles. The smallest absolute Gasteiger partial charge is 0.340 e. The number of ether oxygens (including phenoxy) is 2. The lowest BCUT2D eigenvalue weighted by molar-refractivity contribution is -0.139. The van der Waals surface area contributed by atoms with Gasteiger partial charge in [0.2, 0.25) is 5.91 Å². The van der Waals surface area contributed by atoms with Gasteiger partial charge in [-0.15, -0.1) is 0 Å². The van der Waals surface area contributed by atoms with Crippen LogP contribution < -0.4 is 15.0 Å². The average molecular weight is 452 g/mol. The largest absolute Gasteiger partial charge is 0.477 e. The molecule has 2 aliphatic heterocycles. The summed E-state index contributed by atoms with van der Waals surface area (Å²) in [6.45, 7) is 3.76. The number of nitrogens with zero attached hydrogens (tertiary/aromatic N) is 2. The lowest BCUT2D eigenvalue weighted by atomic mass is 10.1. The van der Waals surface area contributed by atoms with Gasteiger partial charge in [-0.05, 0) is 50.5 Å². The fraction of sp³-hybridized carbons (Fsp3) is 0.400. The molecule has 8 nitrogen and oxygen atoms in total. The van der Waals surface area contributed by atoms with Crippen LogP contribution in [0.4, 0.5) is 11.4 Å². The monoisotopic (exact) mass is 451 g/mol. The molecule has 2 aliphatic rings. The highest BCUT2D eigenvalue weighted by atomic mass is 16.5. The Labute approximate surface area is 193 Å². The van der Waals surface area contributed by atoms with E-state index in [2.05, 4.69) is 5.32 Å².